The number of amidine groups is 1. The first-order valence-electron chi connectivity index (χ1n) is 7.65. The summed E-state index contributed by atoms with van der Waals surface area (Å²) in [6, 6.07) is 2.36. The van der Waals surface area contributed by atoms with Gasteiger partial charge >= 0.3 is 0 Å². The maximum absolute atomic E-state index is 9.06. The number of anilines is 1. The van der Waals surface area contributed by atoms with Crippen molar-refractivity contribution in [2.24, 2.45) is 10.9 Å². The van der Waals surface area contributed by atoms with Crippen LogP contribution in [-0.4, -0.2) is 28.6 Å². The van der Waals surface area contributed by atoms with E-state index in [-0.39, 0.29) is 5.84 Å². The second-order valence-electron chi connectivity index (χ2n) is 5.72. The summed E-state index contributed by atoms with van der Waals surface area (Å²) in [6.45, 7) is 11.3. The van der Waals surface area contributed by atoms with E-state index in [9.17, 15) is 0 Å². The van der Waals surface area contributed by atoms with Crippen molar-refractivity contribution < 1.29 is 5.21 Å². The lowest BCUT2D eigenvalue weighted by atomic mass is 10.1. The van der Waals surface area contributed by atoms with E-state index < -0.39 is 0 Å². The molecule has 0 aliphatic rings. The highest BCUT2D eigenvalue weighted by atomic mass is 16.4. The minimum absolute atomic E-state index is 0.121. The molecule has 0 atom stereocenters. The minimum Gasteiger partial charge on any atom is -0.409 e. The van der Waals surface area contributed by atoms with Crippen molar-refractivity contribution in [1.29, 1.82) is 0 Å². The van der Waals surface area contributed by atoms with Crippen molar-refractivity contribution in [2.75, 3.05) is 11.4 Å². The van der Waals surface area contributed by atoms with Crippen molar-refractivity contribution in [3.05, 3.63) is 23.0 Å². The van der Waals surface area contributed by atoms with Gasteiger partial charge in [0, 0.05) is 18.3 Å². The zero-order chi connectivity index (χ0) is 16.0. The molecule has 0 aliphatic carbocycles. The van der Waals surface area contributed by atoms with E-state index in [2.05, 4.69) is 35.8 Å². The predicted molar refractivity (Wildman–Crippen MR) is 88.2 cm³/mol. The lowest BCUT2D eigenvalue weighted by Gasteiger charge is -2.31. The molecule has 118 valence electrons. The number of oxime groups is 1. The normalized spacial score (nSPS) is 12.0. The Balaban J connectivity index is 3.28. The number of nitrogens with zero attached hydrogens (tertiary/aromatic N) is 3. The molecule has 0 radical (unpaired) electrons. The fourth-order valence-electron chi connectivity index (χ4n) is 2.59. The fourth-order valence-corrected chi connectivity index (χ4v) is 2.59. The van der Waals surface area contributed by atoms with Gasteiger partial charge in [-0.05, 0) is 40.2 Å². The Kier molecular flexibility index (Phi) is 6.46. The lowest BCUT2D eigenvalue weighted by molar-refractivity contribution is 0.318. The van der Waals surface area contributed by atoms with Gasteiger partial charge in [0.05, 0.1) is 16.9 Å². The van der Waals surface area contributed by atoms with E-state index in [0.29, 0.717) is 6.04 Å². The van der Waals surface area contributed by atoms with Gasteiger partial charge in [0.25, 0.3) is 0 Å². The molecule has 5 heteroatoms. The highest BCUT2D eigenvalue weighted by molar-refractivity contribution is 6.03. The smallest absolute Gasteiger partial charge is 0.174 e. The van der Waals surface area contributed by atoms with Gasteiger partial charge in [0.2, 0.25) is 0 Å². The van der Waals surface area contributed by atoms with Gasteiger partial charge in [0.1, 0.15) is 0 Å². The molecule has 3 N–H and O–H groups in total. The molecule has 21 heavy (non-hydrogen) atoms. The maximum atomic E-state index is 9.06. The van der Waals surface area contributed by atoms with Gasteiger partial charge in [-0.1, -0.05) is 24.9 Å². The van der Waals surface area contributed by atoms with E-state index in [1.807, 2.05) is 19.9 Å². The van der Waals surface area contributed by atoms with E-state index in [4.69, 9.17) is 10.9 Å². The number of aryl methyl sites for hydroxylation is 2. The molecule has 0 aromatic carbocycles. The van der Waals surface area contributed by atoms with Gasteiger partial charge in [-0.2, -0.15) is 0 Å². The molecule has 0 bridgehead atoms. The minimum atomic E-state index is 0.121. The Labute approximate surface area is 127 Å². The molecule has 5 nitrogen and oxygen atoms in total. The molecule has 0 spiro atoms. The number of hydrogen-bond acceptors (Lipinski definition) is 4. The van der Waals surface area contributed by atoms with E-state index in [0.717, 1.165) is 35.6 Å². The van der Waals surface area contributed by atoms with Crippen molar-refractivity contribution in [1.82, 2.24) is 4.98 Å². The lowest BCUT2D eigenvalue weighted by Crippen LogP contribution is -2.34. The van der Waals surface area contributed by atoms with E-state index in [1.54, 1.807) is 0 Å². The summed E-state index contributed by atoms with van der Waals surface area (Å²) in [5, 5.41) is 12.2. The van der Waals surface area contributed by atoms with Crippen LogP contribution in [0.3, 0.4) is 0 Å². The van der Waals surface area contributed by atoms with Gasteiger partial charge < -0.3 is 15.8 Å². The van der Waals surface area contributed by atoms with Crippen LogP contribution >= 0.6 is 0 Å². The molecule has 0 aliphatic heterocycles. The summed E-state index contributed by atoms with van der Waals surface area (Å²) in [5.41, 5.74) is 9.34. The van der Waals surface area contributed by atoms with Crippen LogP contribution in [0.1, 0.15) is 57.0 Å². The van der Waals surface area contributed by atoms with Crippen molar-refractivity contribution in [2.45, 2.75) is 59.9 Å². The van der Waals surface area contributed by atoms with Crippen LogP contribution in [0.4, 0.5) is 5.69 Å². The van der Waals surface area contributed by atoms with Gasteiger partial charge in [-0.15, -0.1) is 0 Å². The van der Waals surface area contributed by atoms with Crippen molar-refractivity contribution in [3.63, 3.8) is 0 Å². The molecule has 1 rings (SSSR count). The summed E-state index contributed by atoms with van der Waals surface area (Å²) in [6.07, 6.45) is 3.52. The Morgan fingerprint density at radius 2 is 2.05 bits per heavy atom. The topological polar surface area (TPSA) is 74.7 Å². The molecule has 0 fully saturated rings. The number of aromatic nitrogens is 1. The molecule has 1 aromatic heterocycles. The van der Waals surface area contributed by atoms with Crippen LogP contribution in [0.15, 0.2) is 11.2 Å². The standard InChI is InChI=1S/C16H28N4O/c1-6-7-8-9-20(11(2)3)14-10-12(4)18-13(5)15(14)16(17)19-21/h10-11,21H,6-9H2,1-5H3,(H2,17,19). The van der Waals surface area contributed by atoms with Crippen molar-refractivity contribution >= 4 is 11.5 Å². The summed E-state index contributed by atoms with van der Waals surface area (Å²) in [4.78, 5) is 6.75. The molecule has 0 saturated heterocycles. The highest BCUT2D eigenvalue weighted by Gasteiger charge is 2.19. The van der Waals surface area contributed by atoms with Gasteiger partial charge in [-0.3, -0.25) is 4.98 Å². The SMILES string of the molecule is CCCCCN(c1cc(C)nc(C)c1/C(N)=N/O)C(C)C. The average molecular weight is 292 g/mol. The van der Waals surface area contributed by atoms with Gasteiger partial charge in [0.15, 0.2) is 5.84 Å². The third-order valence-corrected chi connectivity index (χ3v) is 3.61. The molecule has 0 saturated carbocycles. The second-order valence-corrected chi connectivity index (χ2v) is 5.72. The largest absolute Gasteiger partial charge is 0.409 e. The number of unbranched alkanes of at least 4 members (excludes halogenated alkanes) is 2. The Hall–Kier alpha value is -1.78. The van der Waals surface area contributed by atoms with E-state index >= 15 is 0 Å². The molecule has 1 aromatic rings. The Morgan fingerprint density at radius 1 is 1.38 bits per heavy atom. The Bertz CT molecular complexity index is 497. The predicted octanol–water partition coefficient (Wildman–Crippen LogP) is 3.20. The number of rotatable bonds is 7. The van der Waals surface area contributed by atoms with Crippen LogP contribution in [0.25, 0.3) is 0 Å². The highest BCUT2D eigenvalue weighted by Crippen LogP contribution is 2.26. The van der Waals surface area contributed by atoms with Crippen molar-refractivity contribution in [3.8, 4) is 0 Å². The van der Waals surface area contributed by atoms with Crippen LogP contribution in [0.2, 0.25) is 0 Å². The third-order valence-electron chi connectivity index (χ3n) is 3.61. The number of hydrogen-bond donors (Lipinski definition) is 2. The van der Waals surface area contributed by atoms with Gasteiger partial charge in [-0.25, -0.2) is 0 Å². The fraction of sp³-hybridized carbons (Fsp3) is 0.625. The summed E-state index contributed by atoms with van der Waals surface area (Å²) in [5.74, 6) is 0.121. The molecular weight excluding hydrogens is 264 g/mol. The average Bonchev–Trinajstić information content (AvgIpc) is 2.41. The zero-order valence-electron chi connectivity index (χ0n) is 13.8. The zero-order valence-corrected chi connectivity index (χ0v) is 13.8. The first-order chi connectivity index (χ1) is 9.92. The summed E-state index contributed by atoms with van der Waals surface area (Å²) < 4.78 is 0. The first kappa shape index (κ1) is 17.3. The molecule has 0 unspecified atom stereocenters. The van der Waals surface area contributed by atoms with Crippen LogP contribution in [0, 0.1) is 13.8 Å². The number of nitrogens with two attached hydrogens (primary N) is 1. The first-order valence-corrected chi connectivity index (χ1v) is 7.65. The quantitative estimate of drug-likeness (QED) is 0.266. The van der Waals surface area contributed by atoms with E-state index in [1.165, 1.54) is 12.8 Å². The maximum Gasteiger partial charge on any atom is 0.174 e. The monoisotopic (exact) mass is 292 g/mol. The third kappa shape index (κ3) is 4.34. The molecular formula is C16H28N4O. The molecule has 0 amide bonds. The second kappa shape index (κ2) is 7.86. The van der Waals surface area contributed by atoms with Crippen LogP contribution in [-0.2, 0) is 0 Å². The van der Waals surface area contributed by atoms with Crippen LogP contribution in [0.5, 0.6) is 0 Å². The molecule has 1 heterocycles. The number of pyridine rings is 1. The Morgan fingerprint density at radius 3 is 2.57 bits per heavy atom. The van der Waals surface area contributed by atoms with Crippen LogP contribution < -0.4 is 10.6 Å². The summed E-state index contributed by atoms with van der Waals surface area (Å²) >= 11 is 0. The summed E-state index contributed by atoms with van der Waals surface area (Å²) in [7, 11) is 0.